The lowest BCUT2D eigenvalue weighted by Gasteiger charge is -2.16. The number of carbonyl (C=O) groups excluding carboxylic acids is 1. The number of aromatic nitrogens is 3. The van der Waals surface area contributed by atoms with E-state index in [2.05, 4.69) is 14.3 Å². The molecule has 3 heterocycles. The molecule has 7 heteroatoms. The fraction of sp³-hybridized carbons (Fsp3) is 0.192. The van der Waals surface area contributed by atoms with Crippen LogP contribution in [-0.2, 0) is 16.1 Å². The van der Waals surface area contributed by atoms with E-state index in [0.717, 1.165) is 43.6 Å². The molecule has 166 valence electrons. The molecule has 0 spiro atoms. The van der Waals surface area contributed by atoms with E-state index in [4.69, 9.17) is 9.47 Å². The predicted octanol–water partition coefficient (Wildman–Crippen LogP) is 5.84. The Morgan fingerprint density at radius 1 is 1.12 bits per heavy atom. The lowest BCUT2D eigenvalue weighted by atomic mass is 9.90. The lowest BCUT2D eigenvalue weighted by Crippen LogP contribution is -2.12. The van der Waals surface area contributed by atoms with E-state index in [1.807, 2.05) is 73.9 Å². The Morgan fingerprint density at radius 3 is 2.85 bits per heavy atom. The average Bonchev–Trinajstić information content (AvgIpc) is 3.49. The van der Waals surface area contributed by atoms with Gasteiger partial charge >= 0.3 is 5.97 Å². The van der Waals surface area contributed by atoms with Gasteiger partial charge in [-0.25, -0.2) is 0 Å². The molecule has 0 radical (unpaired) electrons. The van der Waals surface area contributed by atoms with Crippen LogP contribution in [0.4, 0.5) is 0 Å². The minimum Gasteiger partial charge on any atom is -0.489 e. The number of H-pyrrole nitrogens is 1. The summed E-state index contributed by atoms with van der Waals surface area (Å²) >= 11 is 1.42. The smallest absolute Gasteiger partial charge is 0.306 e. The van der Waals surface area contributed by atoms with Crippen LogP contribution < -0.4 is 4.74 Å². The number of pyridine rings is 1. The molecule has 1 N–H and O–H groups in total. The Balaban J connectivity index is 1.49. The van der Waals surface area contributed by atoms with Gasteiger partial charge in [0.05, 0.1) is 29.6 Å². The van der Waals surface area contributed by atoms with Crippen molar-refractivity contribution >= 4 is 38.5 Å². The Labute approximate surface area is 195 Å². The van der Waals surface area contributed by atoms with Gasteiger partial charge < -0.3 is 14.5 Å². The Kier molecular flexibility index (Phi) is 6.04. The number of aromatic amines is 1. The average molecular weight is 458 g/mol. The van der Waals surface area contributed by atoms with Crippen molar-refractivity contribution in [1.82, 2.24) is 14.3 Å². The van der Waals surface area contributed by atoms with Crippen LogP contribution in [0.3, 0.4) is 0 Å². The monoisotopic (exact) mass is 457 g/mol. The maximum Gasteiger partial charge on any atom is 0.306 e. The number of hydrogen-bond donors (Lipinski definition) is 1. The molecule has 0 saturated carbocycles. The minimum absolute atomic E-state index is 0.203. The molecule has 1 unspecified atom stereocenters. The van der Waals surface area contributed by atoms with Crippen LogP contribution in [0, 0.1) is 0 Å². The predicted molar refractivity (Wildman–Crippen MR) is 130 cm³/mol. The number of nitrogens with one attached hydrogen (secondary N) is 1. The Bertz CT molecular complexity index is 1390. The molecule has 6 nitrogen and oxygen atoms in total. The zero-order valence-electron chi connectivity index (χ0n) is 18.2. The van der Waals surface area contributed by atoms with Crippen LogP contribution in [-0.4, -0.2) is 26.9 Å². The van der Waals surface area contributed by atoms with Crippen molar-refractivity contribution in [3.63, 3.8) is 0 Å². The molecule has 0 bridgehead atoms. The van der Waals surface area contributed by atoms with Crippen molar-refractivity contribution in [3.05, 3.63) is 90.0 Å². The largest absolute Gasteiger partial charge is 0.489 e. The van der Waals surface area contributed by atoms with Gasteiger partial charge in [-0.3, -0.25) is 9.78 Å². The molecule has 5 aromatic rings. The van der Waals surface area contributed by atoms with Crippen LogP contribution in [0.5, 0.6) is 5.75 Å². The van der Waals surface area contributed by atoms with E-state index >= 15 is 0 Å². The maximum absolute atomic E-state index is 12.5. The summed E-state index contributed by atoms with van der Waals surface area (Å²) in [6.07, 6.45) is 5.76. The second kappa shape index (κ2) is 9.42. The highest BCUT2D eigenvalue weighted by Gasteiger charge is 2.25. The molecule has 1 atom stereocenters. The van der Waals surface area contributed by atoms with Crippen molar-refractivity contribution < 1.29 is 14.3 Å². The van der Waals surface area contributed by atoms with Crippen LogP contribution in [0.15, 0.2) is 73.2 Å². The molecule has 0 aliphatic rings. The summed E-state index contributed by atoms with van der Waals surface area (Å²) in [5.74, 6) is 0.277. The summed E-state index contributed by atoms with van der Waals surface area (Å²) in [4.78, 5) is 20.5. The first kappa shape index (κ1) is 21.2. The third kappa shape index (κ3) is 4.45. The van der Waals surface area contributed by atoms with Crippen LogP contribution in [0.25, 0.3) is 21.0 Å². The van der Waals surface area contributed by atoms with Crippen molar-refractivity contribution in [2.75, 3.05) is 6.61 Å². The van der Waals surface area contributed by atoms with Gasteiger partial charge in [0.1, 0.15) is 12.4 Å². The van der Waals surface area contributed by atoms with Gasteiger partial charge in [0, 0.05) is 40.7 Å². The van der Waals surface area contributed by atoms with E-state index in [-0.39, 0.29) is 18.3 Å². The normalized spacial score (nSPS) is 12.2. The van der Waals surface area contributed by atoms with Crippen molar-refractivity contribution in [1.29, 1.82) is 0 Å². The first-order valence-electron chi connectivity index (χ1n) is 10.9. The van der Waals surface area contributed by atoms with E-state index in [1.54, 1.807) is 6.20 Å². The molecule has 33 heavy (non-hydrogen) atoms. The van der Waals surface area contributed by atoms with Gasteiger partial charge in [-0.05, 0) is 47.8 Å². The summed E-state index contributed by atoms with van der Waals surface area (Å²) in [5, 5.41) is 1.99. The summed E-state index contributed by atoms with van der Waals surface area (Å²) in [6.45, 7) is 2.67. The number of benzene rings is 2. The summed E-state index contributed by atoms with van der Waals surface area (Å²) in [6, 6.07) is 18.0. The van der Waals surface area contributed by atoms with E-state index < -0.39 is 0 Å². The van der Waals surface area contributed by atoms with Crippen LogP contribution in [0.1, 0.15) is 36.1 Å². The summed E-state index contributed by atoms with van der Waals surface area (Å²) in [5.41, 5.74) is 3.89. The third-order valence-electron chi connectivity index (χ3n) is 5.63. The first-order chi connectivity index (χ1) is 16.2. The van der Waals surface area contributed by atoms with E-state index in [9.17, 15) is 4.79 Å². The molecule has 0 aliphatic heterocycles. The highest BCUT2D eigenvalue weighted by atomic mass is 32.1. The number of nitrogens with zero attached hydrogens (tertiary/aromatic N) is 2. The van der Waals surface area contributed by atoms with E-state index in [0.29, 0.717) is 13.2 Å². The Morgan fingerprint density at radius 2 is 2.00 bits per heavy atom. The zero-order chi connectivity index (χ0) is 22.6. The zero-order valence-corrected chi connectivity index (χ0v) is 19.0. The lowest BCUT2D eigenvalue weighted by molar-refractivity contribution is -0.143. The number of esters is 1. The fourth-order valence-electron chi connectivity index (χ4n) is 4.08. The second-order valence-corrected chi connectivity index (χ2v) is 8.55. The minimum atomic E-state index is -0.256. The Hall–Kier alpha value is -3.71. The molecule has 0 aliphatic carbocycles. The fourth-order valence-corrected chi connectivity index (χ4v) is 4.73. The van der Waals surface area contributed by atoms with Gasteiger partial charge in [-0.15, -0.1) is 0 Å². The molecule has 2 aromatic carbocycles. The second-order valence-electron chi connectivity index (χ2n) is 7.72. The highest BCUT2D eigenvalue weighted by molar-refractivity contribution is 7.13. The summed E-state index contributed by atoms with van der Waals surface area (Å²) < 4.78 is 16.6. The topological polar surface area (TPSA) is 77.1 Å². The van der Waals surface area contributed by atoms with Gasteiger partial charge in [-0.2, -0.15) is 4.37 Å². The highest BCUT2D eigenvalue weighted by Crippen LogP contribution is 2.37. The van der Waals surface area contributed by atoms with Crippen LogP contribution >= 0.6 is 11.5 Å². The number of hydrogen-bond acceptors (Lipinski definition) is 6. The van der Waals surface area contributed by atoms with Crippen molar-refractivity contribution in [2.45, 2.75) is 25.9 Å². The van der Waals surface area contributed by atoms with Gasteiger partial charge in [0.15, 0.2) is 0 Å². The maximum atomic E-state index is 12.5. The molecule has 0 amide bonds. The number of fused-ring (bicyclic) bond motifs is 2. The number of ether oxygens (including phenoxy) is 2. The standard InChI is InChI=1S/C26H23N3O3S/c1-2-31-25(30)13-20(26-22-15-29-33-24(22)10-11-27-26)21-14-28-23-12-18(8-9-19(21)23)32-16-17-6-4-3-5-7-17/h3-12,14-15,20,28H,2,13,16H2,1H3. The summed E-state index contributed by atoms with van der Waals surface area (Å²) in [7, 11) is 0. The molecular weight excluding hydrogens is 434 g/mol. The molecule has 0 fully saturated rings. The van der Waals surface area contributed by atoms with Crippen molar-refractivity contribution in [2.24, 2.45) is 0 Å². The quantitative estimate of drug-likeness (QED) is 0.296. The van der Waals surface area contributed by atoms with Crippen LogP contribution in [0.2, 0.25) is 0 Å². The first-order valence-corrected chi connectivity index (χ1v) is 11.6. The molecular formula is C26H23N3O3S. The molecule has 5 rings (SSSR count). The van der Waals surface area contributed by atoms with E-state index in [1.165, 1.54) is 11.5 Å². The molecule has 0 saturated heterocycles. The van der Waals surface area contributed by atoms with Crippen molar-refractivity contribution in [3.8, 4) is 5.75 Å². The van der Waals surface area contributed by atoms with Gasteiger partial charge in [-0.1, -0.05) is 30.3 Å². The van der Waals surface area contributed by atoms with Gasteiger partial charge in [0.2, 0.25) is 0 Å². The number of carbonyl (C=O) groups is 1. The SMILES string of the molecule is CCOC(=O)CC(c1c[nH]c2cc(OCc3ccccc3)ccc12)c1nccc2sncc12. The van der Waals surface area contributed by atoms with Gasteiger partial charge in [0.25, 0.3) is 0 Å². The molecule has 3 aromatic heterocycles. The number of rotatable bonds is 8. The third-order valence-corrected chi connectivity index (χ3v) is 6.39.